The lowest BCUT2D eigenvalue weighted by Gasteiger charge is -2.18. The van der Waals surface area contributed by atoms with Gasteiger partial charge in [-0.25, -0.2) is 24.9 Å². The second-order valence-electron chi connectivity index (χ2n) is 27.4. The van der Waals surface area contributed by atoms with Crippen LogP contribution in [-0.4, -0.2) is 54.8 Å². The van der Waals surface area contributed by atoms with Gasteiger partial charge in [0.05, 0.1) is 72.6 Å². The van der Waals surface area contributed by atoms with E-state index in [1.54, 1.807) is 12.4 Å². The van der Waals surface area contributed by atoms with Gasteiger partial charge < -0.3 is 0 Å². The number of aryl methyl sites for hydroxylation is 25. The van der Waals surface area contributed by atoms with Gasteiger partial charge in [0.2, 0.25) is 0 Å². The molecule has 11 heteroatoms. The fraction of sp³-hybridized carbons (Fsp3) is 0.330. The van der Waals surface area contributed by atoms with E-state index in [4.69, 9.17) is 0 Å². The van der Waals surface area contributed by atoms with Crippen molar-refractivity contribution in [1.82, 2.24) is 54.8 Å². The predicted octanol–water partition coefficient (Wildman–Crippen LogP) is 22.2. The highest BCUT2D eigenvalue weighted by Gasteiger charge is 2.16. The van der Waals surface area contributed by atoms with Crippen LogP contribution in [0.1, 0.15) is 163 Å². The molecule has 99 heavy (non-hydrogen) atoms. The zero-order valence-electron chi connectivity index (χ0n) is 64.7. The highest BCUT2D eigenvalue weighted by molar-refractivity contribution is 5.95. The second kappa shape index (κ2) is 31.3. The van der Waals surface area contributed by atoms with Gasteiger partial charge in [-0.15, -0.1) is 0 Å². The summed E-state index contributed by atoms with van der Waals surface area (Å²) in [6, 6.07) is 23.3. The van der Waals surface area contributed by atoms with Gasteiger partial charge in [-0.05, 0) is 347 Å². The Morgan fingerprint density at radius 3 is 1.21 bits per heavy atom. The Labute approximate surface area is 589 Å². The number of nitrogens with zero attached hydrogens (tertiary/aromatic N) is 11. The van der Waals surface area contributed by atoms with Gasteiger partial charge in [-0.3, -0.25) is 29.9 Å². The molecule has 0 saturated carbocycles. The Morgan fingerprint density at radius 1 is 0.212 bits per heavy atom. The highest BCUT2D eigenvalue weighted by atomic mass is 14.8. The van der Waals surface area contributed by atoms with Crippen molar-refractivity contribution in [2.24, 2.45) is 0 Å². The first-order chi connectivity index (χ1) is 46.6. The maximum absolute atomic E-state index is 4.68. The average molecular weight is 1310 g/mol. The number of pyridine rings is 3. The van der Waals surface area contributed by atoms with Gasteiger partial charge in [-0.2, -0.15) is 0 Å². The van der Waals surface area contributed by atoms with E-state index in [9.17, 15) is 0 Å². The van der Waals surface area contributed by atoms with Crippen LogP contribution in [0, 0.1) is 201 Å². The maximum Gasteiger partial charge on any atom is 0.0924 e. The quantitative estimate of drug-likeness (QED) is 0.143. The molecule has 0 aliphatic heterocycles. The van der Waals surface area contributed by atoms with Crippen molar-refractivity contribution in [3.8, 4) is 0 Å². The van der Waals surface area contributed by atoms with Gasteiger partial charge >= 0.3 is 0 Å². The molecule has 7 heterocycles. The van der Waals surface area contributed by atoms with Gasteiger partial charge in [0.15, 0.2) is 0 Å². The van der Waals surface area contributed by atoms with Crippen LogP contribution in [0.3, 0.4) is 0 Å². The minimum absolute atomic E-state index is 0.968. The largest absolute Gasteiger partial charge is 0.261 e. The molecule has 0 bridgehead atoms. The van der Waals surface area contributed by atoms with Crippen LogP contribution in [0.25, 0.3) is 76.5 Å². The Hall–Kier alpha value is -9.87. The van der Waals surface area contributed by atoms with E-state index in [0.717, 1.165) is 95.4 Å². The molecule has 7 aromatic heterocycles. The number of rotatable bonds is 0. The molecule has 0 N–H and O–H groups in total. The van der Waals surface area contributed by atoms with E-state index in [2.05, 4.69) is 270 Å². The molecule has 0 spiro atoms. The van der Waals surface area contributed by atoms with Crippen LogP contribution in [0.4, 0.5) is 0 Å². The Kier molecular flexibility index (Phi) is 23.7. The summed E-state index contributed by atoms with van der Waals surface area (Å²) in [5.41, 5.74) is 43.9. The lowest BCUT2D eigenvalue weighted by Crippen LogP contribution is -2.01. The molecule has 0 fully saturated rings. The van der Waals surface area contributed by atoms with E-state index >= 15 is 0 Å². The van der Waals surface area contributed by atoms with E-state index in [1.165, 1.54) is 144 Å². The van der Waals surface area contributed by atoms with Gasteiger partial charge in [0, 0.05) is 69.9 Å². The van der Waals surface area contributed by atoms with Crippen molar-refractivity contribution < 1.29 is 0 Å². The third-order valence-corrected chi connectivity index (χ3v) is 20.7. The summed E-state index contributed by atoms with van der Waals surface area (Å²) in [7, 11) is 0. The van der Waals surface area contributed by atoms with E-state index in [0.29, 0.717) is 0 Å². The van der Waals surface area contributed by atoms with Crippen molar-refractivity contribution in [3.05, 3.63) is 260 Å². The molecule has 14 rings (SSSR count). The summed E-state index contributed by atoms with van der Waals surface area (Å²) in [5.74, 6) is 0. The normalized spacial score (nSPS) is 10.9. The third-order valence-electron chi connectivity index (χ3n) is 20.7. The molecule has 7 aromatic carbocycles. The summed E-state index contributed by atoms with van der Waals surface area (Å²) in [6.07, 6.45) is 9.18. The number of aromatic nitrogens is 11. The Bertz CT molecular complexity index is 5290. The molecule has 0 saturated heterocycles. The topological polar surface area (TPSA) is 142 Å². The van der Waals surface area contributed by atoms with Gasteiger partial charge in [0.1, 0.15) is 0 Å². The van der Waals surface area contributed by atoms with Crippen molar-refractivity contribution in [2.75, 3.05) is 0 Å². The van der Waals surface area contributed by atoms with E-state index in [-0.39, 0.29) is 0 Å². The summed E-state index contributed by atoms with van der Waals surface area (Å²) in [5, 5.41) is 7.94. The Morgan fingerprint density at radius 2 is 0.646 bits per heavy atom. The smallest absolute Gasteiger partial charge is 0.0924 e. The SMILES string of the molecule is Cc1cc(C)c2c(C)c(C)ncc2c1.Cc1ccc2c(C)c(C)ncc2c1.Cc1ccc2nc(C)c(C)nc2c1C.Cc1ccc2nccnc2c1C.Cc1cnc2c(C)c(C)ccc2n1.Cc1nc(C)c2c(C)c(C)c(C)c(C)c2c1C.Cc1nc2c(C)c(C)c(C)c(C)c2nc1C. The third kappa shape index (κ3) is 16.3. The standard InChI is InChI=1S/C16H21N.C14H18N2.C13H15N.C12H14N2.C12H13N.C11H12N2.C10H10N2/c1-8-9(2)11(4)16-14(7)17-13(6)12(5)15(16)10(8)3;1-7-8(2)10(4)14-13(9(7)3)15-11(5)12(6)16-14;1-8-5-9(2)13-10(3)11(4)14-7-12(13)6-8;1-7-5-6-11-12(8(7)2)14-10(4)9(3)13-11;1-8-4-5-12-9(2)10(3)13-7-11(12)6-8;1-7-4-5-10-11(9(7)3)12-6-8(2)13-10;1-7-3-4-9-10(8(7)2)12-6-5-11-9/h1-7H3;1-6H3;5-7H,1-4H3;5-6H,1-4H3;4-7H,1-3H3;4-6H,1-3H3;3-6H,1-2H3. The van der Waals surface area contributed by atoms with E-state index < -0.39 is 0 Å². The van der Waals surface area contributed by atoms with E-state index in [1.807, 2.05) is 71.4 Å². The van der Waals surface area contributed by atoms with Gasteiger partial charge in [-0.1, -0.05) is 47.5 Å². The maximum atomic E-state index is 4.68. The molecule has 0 aliphatic rings. The molecule has 510 valence electrons. The van der Waals surface area contributed by atoms with Gasteiger partial charge in [0.25, 0.3) is 0 Å². The lowest BCUT2D eigenvalue weighted by molar-refractivity contribution is 1.08. The second-order valence-corrected chi connectivity index (χ2v) is 27.4. The first-order valence-electron chi connectivity index (χ1n) is 34.4. The molecule has 14 aromatic rings. The first kappa shape index (κ1) is 74.9. The van der Waals surface area contributed by atoms with Crippen LogP contribution in [0.15, 0.2) is 97.7 Å². The minimum atomic E-state index is 0.968. The molecule has 11 nitrogen and oxygen atoms in total. The fourth-order valence-corrected chi connectivity index (χ4v) is 12.7. The average Bonchev–Trinajstić information content (AvgIpc) is 0.761. The van der Waals surface area contributed by atoms with Crippen LogP contribution in [0.2, 0.25) is 0 Å². The molecule has 0 unspecified atom stereocenters. The Balaban J connectivity index is 0.000000147. The first-order valence-corrected chi connectivity index (χ1v) is 34.4. The molecular formula is C88H103N11. The molecule has 0 atom stereocenters. The number of hydrogen-bond acceptors (Lipinski definition) is 11. The minimum Gasteiger partial charge on any atom is -0.261 e. The monoisotopic (exact) mass is 1310 g/mol. The summed E-state index contributed by atoms with van der Waals surface area (Å²) >= 11 is 0. The molecule has 0 aliphatic carbocycles. The zero-order chi connectivity index (χ0) is 72.9. The highest BCUT2D eigenvalue weighted by Crippen LogP contribution is 2.34. The summed E-state index contributed by atoms with van der Waals surface area (Å²) < 4.78 is 0. The lowest BCUT2D eigenvalue weighted by atomic mass is 9.89. The summed E-state index contributed by atoms with van der Waals surface area (Å²) in [6.45, 7) is 61.2. The number of fused-ring (bicyclic) bond motifs is 7. The van der Waals surface area contributed by atoms with Crippen molar-refractivity contribution in [3.63, 3.8) is 0 Å². The number of benzene rings is 7. The van der Waals surface area contributed by atoms with Crippen molar-refractivity contribution in [1.29, 1.82) is 0 Å². The number of hydrogen-bond donors (Lipinski definition) is 0. The summed E-state index contributed by atoms with van der Waals surface area (Å²) in [4.78, 5) is 49.1. The van der Waals surface area contributed by atoms with Crippen molar-refractivity contribution >= 4 is 76.5 Å². The fourth-order valence-electron chi connectivity index (χ4n) is 12.7. The van der Waals surface area contributed by atoms with Crippen LogP contribution < -0.4 is 0 Å². The molecule has 0 amide bonds. The predicted molar refractivity (Wildman–Crippen MR) is 421 cm³/mol. The molecule has 0 radical (unpaired) electrons. The van der Waals surface area contributed by atoms with Crippen LogP contribution in [-0.2, 0) is 0 Å². The van der Waals surface area contributed by atoms with Crippen LogP contribution in [0.5, 0.6) is 0 Å². The zero-order valence-corrected chi connectivity index (χ0v) is 64.7. The molecular weight excluding hydrogens is 1210 g/mol. The van der Waals surface area contributed by atoms with Crippen LogP contribution >= 0.6 is 0 Å². The van der Waals surface area contributed by atoms with Crippen molar-refractivity contribution in [2.45, 2.75) is 201 Å².